The minimum atomic E-state index is -0.708. The van der Waals surface area contributed by atoms with Crippen LogP contribution in [0.3, 0.4) is 0 Å². The van der Waals surface area contributed by atoms with E-state index in [1.54, 1.807) is 6.20 Å². The summed E-state index contributed by atoms with van der Waals surface area (Å²) in [6, 6.07) is 5.81. The molecular weight excluding hydrogens is 256 g/mol. The average Bonchev–Trinajstić information content (AvgIpc) is 2.48. The number of rotatable bonds is 6. The van der Waals surface area contributed by atoms with E-state index in [4.69, 9.17) is 4.74 Å². The van der Waals surface area contributed by atoms with Crippen LogP contribution < -0.4 is 0 Å². The third kappa shape index (κ3) is 3.55. The van der Waals surface area contributed by atoms with Crippen molar-refractivity contribution in [3.63, 3.8) is 0 Å². The lowest BCUT2D eigenvalue weighted by Gasteiger charge is -2.37. The van der Waals surface area contributed by atoms with Gasteiger partial charge in [-0.25, -0.2) is 0 Å². The average molecular weight is 278 g/mol. The molecule has 2 rings (SSSR count). The zero-order valence-corrected chi connectivity index (χ0v) is 11.9. The highest BCUT2D eigenvalue weighted by Gasteiger charge is 2.41. The highest BCUT2D eigenvalue weighted by atomic mass is 16.5. The zero-order valence-electron chi connectivity index (χ0n) is 11.9. The highest BCUT2D eigenvalue weighted by Crippen LogP contribution is 2.32. The fourth-order valence-electron chi connectivity index (χ4n) is 2.63. The maximum atomic E-state index is 11.7. The summed E-state index contributed by atoms with van der Waals surface area (Å²) in [7, 11) is 0. The second-order valence-corrected chi connectivity index (χ2v) is 5.32. The van der Waals surface area contributed by atoms with Gasteiger partial charge >= 0.3 is 5.97 Å². The molecule has 0 radical (unpaired) electrons. The molecule has 0 saturated carbocycles. The van der Waals surface area contributed by atoms with Crippen molar-refractivity contribution in [2.75, 3.05) is 26.3 Å². The van der Waals surface area contributed by atoms with Gasteiger partial charge in [0.1, 0.15) is 0 Å². The highest BCUT2D eigenvalue weighted by molar-refractivity contribution is 5.75. The molecule has 0 atom stereocenters. The molecule has 0 unspecified atom stereocenters. The van der Waals surface area contributed by atoms with Crippen molar-refractivity contribution >= 4 is 5.97 Å². The van der Waals surface area contributed by atoms with Crippen molar-refractivity contribution in [3.05, 3.63) is 30.1 Å². The molecule has 5 heteroatoms. The first-order chi connectivity index (χ1) is 9.66. The van der Waals surface area contributed by atoms with Gasteiger partial charge in [-0.2, -0.15) is 0 Å². The minimum Gasteiger partial charge on any atom is -0.481 e. The number of aromatic nitrogens is 1. The Hall–Kier alpha value is -1.46. The van der Waals surface area contributed by atoms with Crippen LogP contribution in [0.1, 0.15) is 25.5 Å². The Kier molecular flexibility index (Phi) is 5.09. The summed E-state index contributed by atoms with van der Waals surface area (Å²) < 4.78 is 5.31. The molecule has 0 aliphatic carbocycles. The van der Waals surface area contributed by atoms with Crippen LogP contribution in [0.2, 0.25) is 0 Å². The van der Waals surface area contributed by atoms with Crippen molar-refractivity contribution in [2.24, 2.45) is 5.41 Å². The molecule has 20 heavy (non-hydrogen) atoms. The molecule has 0 amide bonds. The molecule has 1 aliphatic rings. The van der Waals surface area contributed by atoms with Gasteiger partial charge < -0.3 is 9.84 Å². The summed E-state index contributed by atoms with van der Waals surface area (Å²) in [6.45, 7) is 5.18. The normalized spacial score (nSPS) is 18.1. The zero-order chi connectivity index (χ0) is 14.4. The predicted octanol–water partition coefficient (Wildman–Crippen LogP) is 1.78. The number of nitrogens with zero attached hydrogens (tertiary/aromatic N) is 2. The van der Waals surface area contributed by atoms with Gasteiger partial charge in [-0.15, -0.1) is 0 Å². The Morgan fingerprint density at radius 3 is 2.75 bits per heavy atom. The first-order valence-corrected chi connectivity index (χ1v) is 7.10. The van der Waals surface area contributed by atoms with Crippen LogP contribution in [-0.2, 0) is 16.1 Å². The molecule has 1 fully saturated rings. The summed E-state index contributed by atoms with van der Waals surface area (Å²) in [4.78, 5) is 18.2. The van der Waals surface area contributed by atoms with E-state index < -0.39 is 11.4 Å². The Bertz CT molecular complexity index is 430. The van der Waals surface area contributed by atoms with Crippen molar-refractivity contribution in [1.29, 1.82) is 0 Å². The van der Waals surface area contributed by atoms with Crippen LogP contribution in [0.25, 0.3) is 0 Å². The molecule has 110 valence electrons. The molecule has 1 aromatic rings. The standard InChI is InChI=1S/C15H22N2O3/c1-2-17(11-13-5-3-4-8-16-13)12-15(14(18)19)6-9-20-10-7-15/h3-5,8H,2,6-7,9-12H2,1H3,(H,18,19). The number of carbonyl (C=O) groups is 1. The first-order valence-electron chi connectivity index (χ1n) is 7.10. The molecule has 2 heterocycles. The third-order valence-electron chi connectivity index (χ3n) is 3.99. The Morgan fingerprint density at radius 1 is 1.45 bits per heavy atom. The largest absolute Gasteiger partial charge is 0.481 e. The smallest absolute Gasteiger partial charge is 0.311 e. The number of hydrogen-bond donors (Lipinski definition) is 1. The van der Waals surface area contributed by atoms with Crippen LogP contribution in [0.15, 0.2) is 24.4 Å². The van der Waals surface area contributed by atoms with Gasteiger partial charge in [0.15, 0.2) is 0 Å². The summed E-state index contributed by atoms with van der Waals surface area (Å²) in [5, 5.41) is 9.60. The number of carboxylic acids is 1. The van der Waals surface area contributed by atoms with E-state index in [1.807, 2.05) is 18.2 Å². The van der Waals surface area contributed by atoms with E-state index >= 15 is 0 Å². The van der Waals surface area contributed by atoms with Gasteiger partial charge in [-0.3, -0.25) is 14.7 Å². The first kappa shape index (κ1) is 14.9. The molecule has 0 aromatic carbocycles. The number of pyridine rings is 1. The van der Waals surface area contributed by atoms with Crippen molar-refractivity contribution in [1.82, 2.24) is 9.88 Å². The number of aliphatic carboxylic acids is 1. The lowest BCUT2D eigenvalue weighted by atomic mass is 9.79. The van der Waals surface area contributed by atoms with Crippen molar-refractivity contribution in [2.45, 2.75) is 26.3 Å². The predicted molar refractivity (Wildman–Crippen MR) is 75.3 cm³/mol. The molecule has 5 nitrogen and oxygen atoms in total. The maximum absolute atomic E-state index is 11.7. The number of ether oxygens (including phenoxy) is 1. The fourth-order valence-corrected chi connectivity index (χ4v) is 2.63. The second kappa shape index (κ2) is 6.81. The molecule has 0 spiro atoms. The molecule has 0 bridgehead atoms. The lowest BCUT2D eigenvalue weighted by molar-refractivity contribution is -0.156. The van der Waals surface area contributed by atoms with E-state index in [0.29, 0.717) is 39.1 Å². The summed E-state index contributed by atoms with van der Waals surface area (Å²) in [5.74, 6) is -0.708. The van der Waals surface area contributed by atoms with E-state index in [2.05, 4.69) is 16.8 Å². The van der Waals surface area contributed by atoms with Gasteiger partial charge in [0, 0.05) is 32.5 Å². The molecule has 1 saturated heterocycles. The molecular formula is C15H22N2O3. The Balaban J connectivity index is 2.05. The van der Waals surface area contributed by atoms with Gasteiger partial charge in [0.05, 0.1) is 11.1 Å². The van der Waals surface area contributed by atoms with Crippen LogP contribution in [0.5, 0.6) is 0 Å². The molecule has 1 aliphatic heterocycles. The number of hydrogen-bond acceptors (Lipinski definition) is 4. The van der Waals surface area contributed by atoms with Gasteiger partial charge in [-0.05, 0) is 31.5 Å². The Morgan fingerprint density at radius 2 is 2.20 bits per heavy atom. The van der Waals surface area contributed by atoms with E-state index in [9.17, 15) is 9.90 Å². The van der Waals surface area contributed by atoms with Crippen LogP contribution in [0.4, 0.5) is 0 Å². The maximum Gasteiger partial charge on any atom is 0.311 e. The Labute approximate surface area is 119 Å². The van der Waals surface area contributed by atoms with Gasteiger partial charge in [0.25, 0.3) is 0 Å². The van der Waals surface area contributed by atoms with Crippen molar-refractivity contribution < 1.29 is 14.6 Å². The monoisotopic (exact) mass is 278 g/mol. The number of carboxylic acid groups (broad SMARTS) is 1. The summed E-state index contributed by atoms with van der Waals surface area (Å²) in [6.07, 6.45) is 2.94. The van der Waals surface area contributed by atoms with Gasteiger partial charge in [-0.1, -0.05) is 13.0 Å². The van der Waals surface area contributed by atoms with E-state index in [0.717, 1.165) is 12.2 Å². The van der Waals surface area contributed by atoms with Crippen LogP contribution in [0, 0.1) is 5.41 Å². The van der Waals surface area contributed by atoms with E-state index in [-0.39, 0.29) is 0 Å². The quantitative estimate of drug-likeness (QED) is 0.859. The fraction of sp³-hybridized carbons (Fsp3) is 0.600. The van der Waals surface area contributed by atoms with Crippen LogP contribution >= 0.6 is 0 Å². The molecule has 1 N–H and O–H groups in total. The van der Waals surface area contributed by atoms with Crippen molar-refractivity contribution in [3.8, 4) is 0 Å². The lowest BCUT2D eigenvalue weighted by Crippen LogP contribution is -2.46. The minimum absolute atomic E-state index is 0.535. The van der Waals surface area contributed by atoms with Gasteiger partial charge in [0.2, 0.25) is 0 Å². The summed E-state index contributed by atoms with van der Waals surface area (Å²) in [5.41, 5.74) is 0.296. The van der Waals surface area contributed by atoms with E-state index in [1.165, 1.54) is 0 Å². The summed E-state index contributed by atoms with van der Waals surface area (Å²) >= 11 is 0. The topological polar surface area (TPSA) is 62.7 Å². The SMILES string of the molecule is CCN(Cc1ccccn1)CC1(C(=O)O)CCOCC1. The van der Waals surface area contributed by atoms with Crippen LogP contribution in [-0.4, -0.2) is 47.3 Å². The molecule has 1 aromatic heterocycles. The second-order valence-electron chi connectivity index (χ2n) is 5.32. The third-order valence-corrected chi connectivity index (χ3v) is 3.99.